The second kappa shape index (κ2) is 24.4. The number of aromatic hydroxyl groups is 1. The van der Waals surface area contributed by atoms with Crippen molar-refractivity contribution >= 4 is 68.3 Å². The van der Waals surface area contributed by atoms with Gasteiger partial charge < -0.3 is 49.0 Å². The molecule has 0 bridgehead atoms. The van der Waals surface area contributed by atoms with Crippen LogP contribution >= 0.6 is 22.9 Å². The minimum atomic E-state index is -0.867. The Kier molecular flexibility index (Phi) is 17.3. The highest BCUT2D eigenvalue weighted by Crippen LogP contribution is 2.43. The monoisotopic (exact) mass is 1160 g/mol. The van der Waals surface area contributed by atoms with Gasteiger partial charge in [0, 0.05) is 62.7 Å². The van der Waals surface area contributed by atoms with Crippen LogP contribution in [0.1, 0.15) is 96.7 Å². The number of hydrogen-bond acceptors (Lipinski definition) is 16. The highest BCUT2D eigenvalue weighted by atomic mass is 35.5. The standard InChI is InChI=1S/C61H71ClFN9O9S/c1-34(2)51(58(76)72-31-43(74)27-48(72)57(75)65-36(4)39-13-15-40(16-14-39)55-37(5)64-33-82-55)49-29-50(68-81-49)78-32-38-17-19-69(20-18-38)30-35(3)79-59-66-54-46(56(67-59)70-21-23-71(24-22-70)60(77)80-61(6,7)8)28-47(62)52(53(54)63)45-26-42(73)25-41-11-9-10-12-44(41)45/h9-16,25-26,28-29,33-36,38,43,48,51,73-74H,17-24,27,30-32H2,1-8H3,(H,65,75)/t35-,36+,43-,48+,51-/m1/s1. The SMILES string of the molecule is Cc1ncsc1-c1ccc([C@H](C)NC(=O)[C@@H]2C[C@@H](O)CN2C(=O)[C@@H](c2cc(OCC3CCN(C[C@@H](C)Oc4nc(N5CCN(C(=O)OC(C)(C)C)CC5)c5cc(Cl)c(-c6cc(O)cc7ccccc67)c(F)c5n4)CC3)no2)C(C)C)cc1. The molecule has 0 unspecified atom stereocenters. The van der Waals surface area contributed by atoms with Crippen molar-refractivity contribution in [3.63, 3.8) is 0 Å². The maximum Gasteiger partial charge on any atom is 0.410 e. The van der Waals surface area contributed by atoms with Crippen LogP contribution in [0.3, 0.4) is 0 Å². The number of piperazine rings is 1. The predicted molar refractivity (Wildman–Crippen MR) is 313 cm³/mol. The third-order valence-corrected chi connectivity index (χ3v) is 16.8. The molecule has 3 aromatic heterocycles. The van der Waals surface area contributed by atoms with Crippen molar-refractivity contribution < 1.29 is 47.7 Å². The molecule has 0 aliphatic carbocycles. The number of anilines is 1. The fourth-order valence-electron chi connectivity index (χ4n) is 11.4. The van der Waals surface area contributed by atoms with Crippen LogP contribution < -0.4 is 19.7 Å². The predicted octanol–water partition coefficient (Wildman–Crippen LogP) is 10.6. The zero-order valence-electron chi connectivity index (χ0n) is 47.5. The zero-order valence-corrected chi connectivity index (χ0v) is 49.1. The third-order valence-electron chi connectivity index (χ3n) is 15.6. The summed E-state index contributed by atoms with van der Waals surface area (Å²) in [5.74, 6) is -1.17. The van der Waals surface area contributed by atoms with E-state index in [4.69, 9.17) is 40.3 Å². The molecule has 434 valence electrons. The number of amides is 3. The highest BCUT2D eigenvalue weighted by Gasteiger charge is 2.44. The molecule has 0 radical (unpaired) electrons. The molecule has 3 amide bonds. The number of nitrogens with one attached hydrogen (secondary N) is 1. The first-order valence-corrected chi connectivity index (χ1v) is 29.4. The Bertz CT molecular complexity index is 3450. The number of β-amino-alcohol motifs (C(OH)–C–C–N with tert-alkyl or cyclic N) is 1. The lowest BCUT2D eigenvalue weighted by Gasteiger charge is -2.36. The van der Waals surface area contributed by atoms with Gasteiger partial charge in [-0.05, 0) is 130 Å². The summed E-state index contributed by atoms with van der Waals surface area (Å²) in [4.78, 5) is 63.6. The number of benzene rings is 4. The number of likely N-dealkylation sites (tertiary alicyclic amines) is 2. The Morgan fingerprint density at radius 2 is 1.67 bits per heavy atom. The molecule has 5 atom stereocenters. The number of aromatic nitrogens is 4. The van der Waals surface area contributed by atoms with E-state index in [0.29, 0.717) is 67.2 Å². The molecule has 4 aromatic carbocycles. The number of carbonyl (C=O) groups is 3. The van der Waals surface area contributed by atoms with E-state index in [1.807, 2.05) is 114 Å². The molecular formula is C61H71ClFN9O9S. The number of hydrogen-bond donors (Lipinski definition) is 3. The van der Waals surface area contributed by atoms with E-state index in [-0.39, 0.29) is 76.4 Å². The summed E-state index contributed by atoms with van der Waals surface area (Å²) in [6, 6.07) is 20.6. The second-order valence-corrected chi connectivity index (χ2v) is 24.5. The van der Waals surface area contributed by atoms with Crippen LogP contribution in [0.15, 0.2) is 82.8 Å². The van der Waals surface area contributed by atoms with Crippen LogP contribution in [0.2, 0.25) is 5.02 Å². The average molecular weight is 1160 g/mol. The van der Waals surface area contributed by atoms with Crippen LogP contribution in [0.25, 0.3) is 43.2 Å². The van der Waals surface area contributed by atoms with E-state index in [1.54, 1.807) is 34.4 Å². The number of rotatable bonds is 16. The lowest BCUT2D eigenvalue weighted by Crippen LogP contribution is -2.50. The maximum atomic E-state index is 17.3. The number of phenolic OH excluding ortho intramolecular Hbond substituents is 1. The van der Waals surface area contributed by atoms with Crippen molar-refractivity contribution in [1.29, 1.82) is 0 Å². The first kappa shape index (κ1) is 58.1. The molecule has 10 rings (SSSR count). The number of aliphatic hydroxyl groups is 1. The smallest absolute Gasteiger partial charge is 0.410 e. The first-order valence-electron chi connectivity index (χ1n) is 28.1. The van der Waals surface area contributed by atoms with Crippen LogP contribution in [0, 0.1) is 24.6 Å². The lowest BCUT2D eigenvalue weighted by molar-refractivity contribution is -0.141. The Morgan fingerprint density at radius 3 is 2.37 bits per heavy atom. The third kappa shape index (κ3) is 12.9. The summed E-state index contributed by atoms with van der Waals surface area (Å²) < 4.78 is 41.4. The molecule has 18 nitrogen and oxygen atoms in total. The number of ether oxygens (including phenoxy) is 3. The van der Waals surface area contributed by atoms with Crippen molar-refractivity contribution in [3.8, 4) is 39.2 Å². The summed E-state index contributed by atoms with van der Waals surface area (Å²) in [6.45, 7) is 19.0. The Morgan fingerprint density at radius 1 is 0.939 bits per heavy atom. The van der Waals surface area contributed by atoms with Gasteiger partial charge in [0.1, 0.15) is 40.7 Å². The number of aliphatic hydroxyl groups excluding tert-OH is 1. The fourth-order valence-corrected chi connectivity index (χ4v) is 12.5. The van der Waals surface area contributed by atoms with Gasteiger partial charge in [-0.3, -0.25) is 14.5 Å². The van der Waals surface area contributed by atoms with Crippen molar-refractivity contribution in [3.05, 3.63) is 106 Å². The molecule has 21 heteroatoms. The van der Waals surface area contributed by atoms with Crippen molar-refractivity contribution in [1.82, 2.24) is 40.1 Å². The van der Waals surface area contributed by atoms with Gasteiger partial charge in [-0.2, -0.15) is 9.97 Å². The van der Waals surface area contributed by atoms with Crippen LogP contribution in [-0.4, -0.2) is 146 Å². The molecule has 3 saturated heterocycles. The number of phenols is 1. The quantitative estimate of drug-likeness (QED) is 0.0822. The summed E-state index contributed by atoms with van der Waals surface area (Å²) in [5.41, 5.74) is 4.60. The first-order chi connectivity index (χ1) is 39.2. The summed E-state index contributed by atoms with van der Waals surface area (Å²) >= 11 is 8.56. The van der Waals surface area contributed by atoms with Crippen molar-refractivity contribution in [2.45, 2.75) is 110 Å². The fraction of sp³-hybridized carbons (Fsp3) is 0.459. The van der Waals surface area contributed by atoms with E-state index < -0.39 is 41.7 Å². The number of aryl methyl sites for hydroxylation is 1. The van der Waals surface area contributed by atoms with Gasteiger partial charge in [-0.15, -0.1) is 11.3 Å². The average Bonchev–Trinajstić information content (AvgIpc) is 4.15. The minimum Gasteiger partial charge on any atom is -0.508 e. The molecule has 3 aliphatic rings. The molecular weight excluding hydrogens is 1090 g/mol. The van der Waals surface area contributed by atoms with Crippen LogP contribution in [0.4, 0.5) is 15.0 Å². The van der Waals surface area contributed by atoms with Gasteiger partial charge in [0.15, 0.2) is 11.6 Å². The number of halogens is 2. The normalized spacial score (nSPS) is 18.5. The highest BCUT2D eigenvalue weighted by molar-refractivity contribution is 7.13. The molecule has 0 saturated carbocycles. The number of carbonyl (C=O) groups excluding carboxylic acids is 3. The van der Waals surface area contributed by atoms with Gasteiger partial charge in [-0.1, -0.05) is 74.0 Å². The van der Waals surface area contributed by atoms with Gasteiger partial charge in [0.2, 0.25) is 11.8 Å². The molecule has 6 heterocycles. The van der Waals surface area contributed by atoms with Gasteiger partial charge in [0.25, 0.3) is 5.88 Å². The Labute approximate surface area is 485 Å². The molecule has 3 fully saturated rings. The largest absolute Gasteiger partial charge is 0.508 e. The Hall–Kier alpha value is -7.13. The van der Waals surface area contributed by atoms with Crippen LogP contribution in [-0.2, 0) is 14.3 Å². The second-order valence-electron chi connectivity index (χ2n) is 23.2. The molecule has 3 aliphatic heterocycles. The zero-order chi connectivity index (χ0) is 58.1. The number of piperidine rings is 1. The summed E-state index contributed by atoms with van der Waals surface area (Å²) in [7, 11) is 0. The van der Waals surface area contributed by atoms with E-state index in [2.05, 4.69) is 20.4 Å². The van der Waals surface area contributed by atoms with Crippen molar-refractivity contribution in [2.75, 3.05) is 63.9 Å². The van der Waals surface area contributed by atoms with E-state index in [9.17, 15) is 24.6 Å². The molecule has 0 spiro atoms. The molecule has 3 N–H and O–H groups in total. The van der Waals surface area contributed by atoms with Gasteiger partial charge in [0.05, 0.1) is 39.9 Å². The van der Waals surface area contributed by atoms with E-state index in [0.717, 1.165) is 53.0 Å². The summed E-state index contributed by atoms with van der Waals surface area (Å²) in [5, 5.41) is 30.7. The Balaban J connectivity index is 0.764. The lowest BCUT2D eigenvalue weighted by atomic mass is 9.91. The van der Waals surface area contributed by atoms with Gasteiger partial charge in [-0.25, -0.2) is 14.2 Å². The number of fused-ring (bicyclic) bond motifs is 2. The summed E-state index contributed by atoms with van der Waals surface area (Å²) in [6.07, 6.45) is 0.0921. The molecule has 82 heavy (non-hydrogen) atoms. The number of nitrogens with zero attached hydrogens (tertiary/aromatic N) is 8. The van der Waals surface area contributed by atoms with Gasteiger partial charge >= 0.3 is 12.1 Å². The maximum absolute atomic E-state index is 17.3. The van der Waals surface area contributed by atoms with Crippen LogP contribution in [0.5, 0.6) is 17.6 Å². The van der Waals surface area contributed by atoms with E-state index >= 15 is 4.39 Å². The topological polar surface area (TPSA) is 209 Å². The molecule has 7 aromatic rings. The number of thiazole rings is 1. The van der Waals surface area contributed by atoms with E-state index in [1.165, 1.54) is 11.0 Å². The van der Waals surface area contributed by atoms with Crippen molar-refractivity contribution in [2.24, 2.45) is 11.8 Å². The minimum absolute atomic E-state index is 0.00616.